The van der Waals surface area contributed by atoms with Gasteiger partial charge >= 0.3 is 0 Å². The number of rotatable bonds is 5. The molecule has 0 heterocycles. The van der Waals surface area contributed by atoms with Crippen molar-refractivity contribution in [1.29, 1.82) is 0 Å². The van der Waals surface area contributed by atoms with Crippen molar-refractivity contribution in [2.75, 3.05) is 13.2 Å². The third kappa shape index (κ3) is 2.37. The Balaban J connectivity index is 2.65. The molecule has 14 heavy (non-hydrogen) atoms. The monoisotopic (exact) mass is 198 g/mol. The molecule has 0 saturated heterocycles. The normalized spacial score (nSPS) is 25.2. The first-order chi connectivity index (χ1) is 6.79. The predicted octanol–water partition coefficient (Wildman–Crippen LogP) is 2.11. The van der Waals surface area contributed by atoms with E-state index >= 15 is 0 Å². The molecule has 1 aliphatic rings. The van der Waals surface area contributed by atoms with Gasteiger partial charge in [0.1, 0.15) is 0 Å². The third-order valence-electron chi connectivity index (χ3n) is 3.46. The minimum Gasteiger partial charge on any atom is -0.396 e. The molecule has 0 aliphatic heterocycles. The molecule has 1 rings (SSSR count). The van der Waals surface area contributed by atoms with Gasteiger partial charge in [0.2, 0.25) is 0 Å². The molecule has 1 atom stereocenters. The van der Waals surface area contributed by atoms with Gasteiger partial charge in [-0.3, -0.25) is 0 Å². The number of aliphatic hydroxyl groups is 2. The molecule has 82 valence electrons. The minimum absolute atomic E-state index is 0.113. The van der Waals surface area contributed by atoms with Crippen LogP contribution in [0.5, 0.6) is 0 Å². The van der Waals surface area contributed by atoms with Crippen LogP contribution in [0, 0.1) is 11.3 Å². The zero-order chi connectivity index (χ0) is 10.4. The summed E-state index contributed by atoms with van der Waals surface area (Å²) >= 11 is 0. The van der Waals surface area contributed by atoms with E-state index in [1.165, 1.54) is 12.8 Å². The average Bonchev–Trinajstić information content (AvgIpc) is 2.26. The molecule has 0 spiro atoms. The van der Waals surface area contributed by atoms with Crippen molar-refractivity contribution in [3.05, 3.63) is 12.2 Å². The second kappa shape index (κ2) is 5.52. The maximum Gasteiger partial charge on any atom is 0.0515 e. The van der Waals surface area contributed by atoms with Crippen molar-refractivity contribution in [2.45, 2.75) is 39.0 Å². The van der Waals surface area contributed by atoms with Crippen LogP contribution >= 0.6 is 0 Å². The van der Waals surface area contributed by atoms with Gasteiger partial charge in [0.15, 0.2) is 0 Å². The molecule has 2 N–H and O–H groups in total. The summed E-state index contributed by atoms with van der Waals surface area (Å²) < 4.78 is 0. The minimum atomic E-state index is -0.246. The van der Waals surface area contributed by atoms with Gasteiger partial charge in [0.05, 0.1) is 13.2 Å². The molecule has 0 aromatic rings. The van der Waals surface area contributed by atoms with E-state index in [1.807, 2.05) is 0 Å². The van der Waals surface area contributed by atoms with Crippen LogP contribution < -0.4 is 0 Å². The van der Waals surface area contributed by atoms with E-state index in [9.17, 15) is 10.2 Å². The first-order valence-electron chi connectivity index (χ1n) is 5.67. The van der Waals surface area contributed by atoms with Crippen LogP contribution in [0.2, 0.25) is 0 Å². The molecule has 0 saturated carbocycles. The lowest BCUT2D eigenvalue weighted by molar-refractivity contribution is 0.00578. The molecule has 0 fully saturated rings. The van der Waals surface area contributed by atoms with Crippen LogP contribution in [0.4, 0.5) is 0 Å². The summed E-state index contributed by atoms with van der Waals surface area (Å²) in [5, 5.41) is 18.8. The summed E-state index contributed by atoms with van der Waals surface area (Å²) in [6.45, 7) is 2.40. The highest BCUT2D eigenvalue weighted by atomic mass is 16.3. The van der Waals surface area contributed by atoms with Crippen LogP contribution in [0.1, 0.15) is 39.0 Å². The summed E-state index contributed by atoms with van der Waals surface area (Å²) in [5.74, 6) is 0.367. The number of hydrogen-bond acceptors (Lipinski definition) is 2. The Kier molecular flexibility index (Phi) is 4.63. The molecule has 2 heteroatoms. The maximum absolute atomic E-state index is 9.42. The van der Waals surface area contributed by atoms with Crippen LogP contribution in [0.3, 0.4) is 0 Å². The van der Waals surface area contributed by atoms with E-state index in [0.717, 1.165) is 19.3 Å². The molecule has 0 amide bonds. The lowest BCUT2D eigenvalue weighted by Crippen LogP contribution is -2.38. The summed E-state index contributed by atoms with van der Waals surface area (Å²) in [6, 6.07) is 0. The number of unbranched alkanes of at least 4 members (excludes halogenated alkanes) is 1. The van der Waals surface area contributed by atoms with Gasteiger partial charge in [0.25, 0.3) is 0 Å². The second-order valence-electron chi connectivity index (χ2n) is 4.39. The molecular weight excluding hydrogens is 176 g/mol. The quantitative estimate of drug-likeness (QED) is 0.664. The molecule has 2 nitrogen and oxygen atoms in total. The Hall–Kier alpha value is -0.340. The van der Waals surface area contributed by atoms with Crippen LogP contribution in [0.25, 0.3) is 0 Å². The fraction of sp³-hybridized carbons (Fsp3) is 0.833. The van der Waals surface area contributed by atoms with Crippen LogP contribution in [-0.4, -0.2) is 23.4 Å². The average molecular weight is 198 g/mol. The fourth-order valence-corrected chi connectivity index (χ4v) is 2.29. The van der Waals surface area contributed by atoms with Crippen LogP contribution in [0.15, 0.2) is 12.2 Å². The van der Waals surface area contributed by atoms with Gasteiger partial charge in [-0.2, -0.15) is 0 Å². The zero-order valence-electron chi connectivity index (χ0n) is 9.08. The topological polar surface area (TPSA) is 40.5 Å². The Morgan fingerprint density at radius 2 is 2.07 bits per heavy atom. The maximum atomic E-state index is 9.42. The lowest BCUT2D eigenvalue weighted by Gasteiger charge is -2.39. The Morgan fingerprint density at radius 1 is 1.36 bits per heavy atom. The van der Waals surface area contributed by atoms with Gasteiger partial charge in [0, 0.05) is 5.41 Å². The van der Waals surface area contributed by atoms with E-state index in [0.29, 0.717) is 5.92 Å². The summed E-state index contributed by atoms with van der Waals surface area (Å²) in [5.41, 5.74) is -0.246. The van der Waals surface area contributed by atoms with Crippen molar-refractivity contribution in [3.63, 3.8) is 0 Å². The van der Waals surface area contributed by atoms with Gasteiger partial charge in [-0.05, 0) is 25.2 Å². The summed E-state index contributed by atoms with van der Waals surface area (Å²) in [6.07, 6.45) is 9.73. The molecular formula is C12H22O2. The molecule has 0 aromatic heterocycles. The Labute approximate surface area is 86.6 Å². The molecule has 0 bridgehead atoms. The van der Waals surface area contributed by atoms with E-state index < -0.39 is 0 Å². The zero-order valence-corrected chi connectivity index (χ0v) is 9.08. The molecule has 1 unspecified atom stereocenters. The van der Waals surface area contributed by atoms with Crippen molar-refractivity contribution in [2.24, 2.45) is 11.3 Å². The van der Waals surface area contributed by atoms with E-state index in [-0.39, 0.29) is 18.6 Å². The Morgan fingerprint density at radius 3 is 2.64 bits per heavy atom. The molecule has 0 aromatic carbocycles. The summed E-state index contributed by atoms with van der Waals surface area (Å²) in [4.78, 5) is 0. The third-order valence-corrected chi connectivity index (χ3v) is 3.46. The highest BCUT2D eigenvalue weighted by Crippen LogP contribution is 2.39. The number of aliphatic hydroxyl groups excluding tert-OH is 2. The van der Waals surface area contributed by atoms with Crippen molar-refractivity contribution in [1.82, 2.24) is 0 Å². The first kappa shape index (κ1) is 11.7. The fourth-order valence-electron chi connectivity index (χ4n) is 2.29. The highest BCUT2D eigenvalue weighted by molar-refractivity contribution is 5.04. The Bertz CT molecular complexity index is 183. The van der Waals surface area contributed by atoms with Gasteiger partial charge < -0.3 is 10.2 Å². The SMILES string of the molecule is CCCCC1C=CCCC1(CO)CO. The standard InChI is InChI=1S/C12H22O2/c1-2-3-6-11-7-4-5-8-12(11,9-13)10-14/h4,7,11,13-14H,2-3,5-6,8-10H2,1H3. The van der Waals surface area contributed by atoms with Crippen molar-refractivity contribution >= 4 is 0 Å². The molecule has 1 aliphatic carbocycles. The van der Waals surface area contributed by atoms with Crippen molar-refractivity contribution in [3.8, 4) is 0 Å². The highest BCUT2D eigenvalue weighted by Gasteiger charge is 2.36. The predicted molar refractivity (Wildman–Crippen MR) is 58.0 cm³/mol. The van der Waals surface area contributed by atoms with Gasteiger partial charge in [-0.25, -0.2) is 0 Å². The van der Waals surface area contributed by atoms with Crippen molar-refractivity contribution < 1.29 is 10.2 Å². The van der Waals surface area contributed by atoms with Gasteiger partial charge in [-0.1, -0.05) is 31.9 Å². The number of allylic oxidation sites excluding steroid dienone is 2. The van der Waals surface area contributed by atoms with E-state index in [1.54, 1.807) is 0 Å². The van der Waals surface area contributed by atoms with E-state index in [4.69, 9.17) is 0 Å². The van der Waals surface area contributed by atoms with E-state index in [2.05, 4.69) is 19.1 Å². The smallest absolute Gasteiger partial charge is 0.0515 e. The number of hydrogen-bond donors (Lipinski definition) is 2. The first-order valence-corrected chi connectivity index (χ1v) is 5.67. The lowest BCUT2D eigenvalue weighted by atomic mass is 9.68. The second-order valence-corrected chi connectivity index (χ2v) is 4.39. The molecule has 0 radical (unpaired) electrons. The van der Waals surface area contributed by atoms with Crippen LogP contribution in [-0.2, 0) is 0 Å². The van der Waals surface area contributed by atoms with Gasteiger partial charge in [-0.15, -0.1) is 0 Å². The summed E-state index contributed by atoms with van der Waals surface area (Å²) in [7, 11) is 0. The largest absolute Gasteiger partial charge is 0.396 e.